The molecule has 0 fully saturated rings. The van der Waals surface area contributed by atoms with E-state index in [1.165, 1.54) is 0 Å². The molecule has 1 unspecified atom stereocenters. The number of aromatic nitrogens is 3. The van der Waals surface area contributed by atoms with Crippen molar-refractivity contribution in [2.45, 2.75) is 32.9 Å². The van der Waals surface area contributed by atoms with Gasteiger partial charge in [0.25, 0.3) is 0 Å². The molecule has 6 nitrogen and oxygen atoms in total. The zero-order valence-electron chi connectivity index (χ0n) is 10.9. The highest BCUT2D eigenvalue weighted by Crippen LogP contribution is 2.19. The molecule has 1 N–H and O–H groups in total. The Kier molecular flexibility index (Phi) is 4.21. The summed E-state index contributed by atoms with van der Waals surface area (Å²) in [5, 5.41) is 3.16. The number of anilines is 1. The topological polar surface area (TPSA) is 73.1 Å². The van der Waals surface area contributed by atoms with Gasteiger partial charge in [-0.25, -0.2) is 0 Å². The average molecular weight is 283 g/mol. The van der Waals surface area contributed by atoms with Gasteiger partial charge in [0.1, 0.15) is 5.76 Å². The summed E-state index contributed by atoms with van der Waals surface area (Å²) in [6.45, 7) is 5.70. The molecule has 0 aliphatic carbocycles. The van der Waals surface area contributed by atoms with Crippen LogP contribution in [0.2, 0.25) is 5.28 Å². The van der Waals surface area contributed by atoms with Crippen LogP contribution in [0.1, 0.15) is 32.6 Å². The van der Waals surface area contributed by atoms with Crippen LogP contribution >= 0.6 is 11.6 Å². The molecule has 2 heterocycles. The molecular formula is C12H15ClN4O2. The van der Waals surface area contributed by atoms with E-state index in [-0.39, 0.29) is 23.4 Å². The number of rotatable bonds is 5. The van der Waals surface area contributed by atoms with Gasteiger partial charge in [-0.3, -0.25) is 0 Å². The van der Waals surface area contributed by atoms with E-state index in [1.807, 2.05) is 32.9 Å². The SMILES string of the molecule is CC(C)Oc1nc(Cl)nc(NC(C)c2ccco2)n1. The van der Waals surface area contributed by atoms with E-state index in [2.05, 4.69) is 20.3 Å². The van der Waals surface area contributed by atoms with Crippen molar-refractivity contribution in [2.24, 2.45) is 0 Å². The number of nitrogens with one attached hydrogen (secondary N) is 1. The number of nitrogens with zero attached hydrogens (tertiary/aromatic N) is 3. The van der Waals surface area contributed by atoms with Gasteiger partial charge in [0.2, 0.25) is 11.2 Å². The van der Waals surface area contributed by atoms with Crippen LogP contribution < -0.4 is 10.1 Å². The predicted molar refractivity (Wildman–Crippen MR) is 71.3 cm³/mol. The Bertz CT molecular complexity index is 531. The van der Waals surface area contributed by atoms with Crippen LogP contribution in [0.5, 0.6) is 6.01 Å². The minimum Gasteiger partial charge on any atom is -0.467 e. The molecule has 2 aromatic heterocycles. The van der Waals surface area contributed by atoms with Crippen LogP contribution in [0.25, 0.3) is 0 Å². The molecule has 2 rings (SSSR count). The molecule has 7 heteroatoms. The van der Waals surface area contributed by atoms with E-state index >= 15 is 0 Å². The average Bonchev–Trinajstić information content (AvgIpc) is 2.79. The van der Waals surface area contributed by atoms with E-state index in [1.54, 1.807) is 6.26 Å². The Hall–Kier alpha value is -1.82. The third kappa shape index (κ3) is 3.82. The monoisotopic (exact) mass is 282 g/mol. The number of hydrogen-bond acceptors (Lipinski definition) is 6. The Morgan fingerprint density at radius 2 is 2.05 bits per heavy atom. The largest absolute Gasteiger partial charge is 0.467 e. The molecule has 0 aliphatic rings. The van der Waals surface area contributed by atoms with Gasteiger partial charge in [-0.05, 0) is 44.5 Å². The van der Waals surface area contributed by atoms with Crippen LogP contribution in [0.15, 0.2) is 22.8 Å². The van der Waals surface area contributed by atoms with E-state index < -0.39 is 0 Å². The van der Waals surface area contributed by atoms with Crippen LogP contribution in [0, 0.1) is 0 Å². The summed E-state index contributed by atoms with van der Waals surface area (Å²) in [5.74, 6) is 1.13. The molecule has 102 valence electrons. The molecule has 0 saturated heterocycles. The highest BCUT2D eigenvalue weighted by atomic mass is 35.5. The number of hydrogen-bond donors (Lipinski definition) is 1. The second-order valence-corrected chi connectivity index (χ2v) is 4.60. The van der Waals surface area contributed by atoms with Crippen LogP contribution in [-0.4, -0.2) is 21.1 Å². The van der Waals surface area contributed by atoms with Gasteiger partial charge in [-0.1, -0.05) is 0 Å². The summed E-state index contributed by atoms with van der Waals surface area (Å²) in [6.07, 6.45) is 1.58. The second kappa shape index (κ2) is 5.88. The van der Waals surface area contributed by atoms with Crippen LogP contribution in [0.3, 0.4) is 0 Å². The fourth-order valence-electron chi connectivity index (χ4n) is 1.46. The standard InChI is InChI=1S/C12H15ClN4O2/c1-7(2)19-12-16-10(13)15-11(17-12)14-8(3)9-5-4-6-18-9/h4-8H,1-3H3,(H,14,15,16,17). The molecule has 19 heavy (non-hydrogen) atoms. The normalized spacial score (nSPS) is 12.5. The lowest BCUT2D eigenvalue weighted by Crippen LogP contribution is -2.13. The fraction of sp³-hybridized carbons (Fsp3) is 0.417. The molecule has 0 aromatic carbocycles. The van der Waals surface area contributed by atoms with Gasteiger partial charge in [0.05, 0.1) is 18.4 Å². The molecule has 0 radical (unpaired) electrons. The molecule has 1 atom stereocenters. The van der Waals surface area contributed by atoms with Crippen molar-refractivity contribution in [1.29, 1.82) is 0 Å². The molecule has 0 amide bonds. The minimum absolute atomic E-state index is 0.0335. The maximum atomic E-state index is 5.84. The molecule has 0 bridgehead atoms. The van der Waals surface area contributed by atoms with E-state index in [9.17, 15) is 0 Å². The smallest absolute Gasteiger partial charge is 0.322 e. The molecule has 0 saturated carbocycles. The van der Waals surface area contributed by atoms with Gasteiger partial charge in [0, 0.05) is 0 Å². The van der Waals surface area contributed by atoms with Crippen molar-refractivity contribution >= 4 is 17.5 Å². The minimum atomic E-state index is -0.0830. The van der Waals surface area contributed by atoms with Gasteiger partial charge in [-0.15, -0.1) is 0 Å². The van der Waals surface area contributed by atoms with Crippen molar-refractivity contribution in [3.63, 3.8) is 0 Å². The molecule has 2 aromatic rings. The lowest BCUT2D eigenvalue weighted by atomic mass is 10.2. The highest BCUT2D eigenvalue weighted by molar-refractivity contribution is 6.28. The van der Waals surface area contributed by atoms with Gasteiger partial charge < -0.3 is 14.5 Å². The quantitative estimate of drug-likeness (QED) is 0.908. The van der Waals surface area contributed by atoms with Crippen molar-refractivity contribution in [3.05, 3.63) is 29.4 Å². The summed E-state index contributed by atoms with van der Waals surface area (Å²) in [4.78, 5) is 12.0. The van der Waals surface area contributed by atoms with E-state index in [0.717, 1.165) is 5.76 Å². The first-order valence-electron chi connectivity index (χ1n) is 5.93. The van der Waals surface area contributed by atoms with Crippen molar-refractivity contribution in [2.75, 3.05) is 5.32 Å². The first kappa shape index (κ1) is 13.6. The zero-order chi connectivity index (χ0) is 13.8. The molecule has 0 aliphatic heterocycles. The first-order valence-corrected chi connectivity index (χ1v) is 6.30. The fourth-order valence-corrected chi connectivity index (χ4v) is 1.61. The third-order valence-corrected chi connectivity index (χ3v) is 2.41. The zero-order valence-corrected chi connectivity index (χ0v) is 11.7. The second-order valence-electron chi connectivity index (χ2n) is 4.26. The number of furan rings is 1. The number of ether oxygens (including phenoxy) is 1. The predicted octanol–water partition coefficient (Wildman–Crippen LogP) is 3.08. The Morgan fingerprint density at radius 3 is 2.68 bits per heavy atom. The highest BCUT2D eigenvalue weighted by Gasteiger charge is 2.12. The lowest BCUT2D eigenvalue weighted by Gasteiger charge is -2.13. The summed E-state index contributed by atoms with van der Waals surface area (Å²) in [7, 11) is 0. The van der Waals surface area contributed by atoms with Gasteiger partial charge in [-0.2, -0.15) is 15.0 Å². The first-order chi connectivity index (χ1) is 9.04. The van der Waals surface area contributed by atoms with Crippen LogP contribution in [0.4, 0.5) is 5.95 Å². The lowest BCUT2D eigenvalue weighted by molar-refractivity contribution is 0.222. The third-order valence-electron chi connectivity index (χ3n) is 2.24. The van der Waals surface area contributed by atoms with E-state index in [0.29, 0.717) is 5.95 Å². The summed E-state index contributed by atoms with van der Waals surface area (Å²) >= 11 is 5.84. The maximum Gasteiger partial charge on any atom is 0.322 e. The summed E-state index contributed by atoms with van der Waals surface area (Å²) in [5.41, 5.74) is 0. The van der Waals surface area contributed by atoms with Gasteiger partial charge >= 0.3 is 6.01 Å². The van der Waals surface area contributed by atoms with Gasteiger partial charge in [0.15, 0.2) is 0 Å². The van der Waals surface area contributed by atoms with Crippen molar-refractivity contribution in [3.8, 4) is 6.01 Å². The van der Waals surface area contributed by atoms with Crippen molar-refractivity contribution in [1.82, 2.24) is 15.0 Å². The van der Waals surface area contributed by atoms with Crippen molar-refractivity contribution < 1.29 is 9.15 Å². The maximum absolute atomic E-state index is 5.84. The molecule has 0 spiro atoms. The Morgan fingerprint density at radius 1 is 1.26 bits per heavy atom. The summed E-state index contributed by atoms with van der Waals surface area (Å²) < 4.78 is 10.7. The summed E-state index contributed by atoms with van der Waals surface area (Å²) in [6, 6.07) is 3.80. The Balaban J connectivity index is 2.13. The number of halogens is 1. The van der Waals surface area contributed by atoms with E-state index in [4.69, 9.17) is 20.8 Å². The Labute approximate surface area is 116 Å². The van der Waals surface area contributed by atoms with Crippen LogP contribution in [-0.2, 0) is 0 Å². The molecular weight excluding hydrogens is 268 g/mol.